The SMILES string of the molecule is CC1CN(C(=O)COc2ccc(Cl)c(Cl)c2)CC(CO)O1. The van der Waals surface area contributed by atoms with E-state index in [1.54, 1.807) is 23.1 Å². The van der Waals surface area contributed by atoms with Crippen LogP contribution in [0.3, 0.4) is 0 Å². The minimum absolute atomic E-state index is 0.0944. The van der Waals surface area contributed by atoms with Gasteiger partial charge in [0.2, 0.25) is 0 Å². The summed E-state index contributed by atoms with van der Waals surface area (Å²) in [5, 5.41) is 9.96. The molecule has 1 fully saturated rings. The van der Waals surface area contributed by atoms with Crippen LogP contribution in [0.2, 0.25) is 10.0 Å². The lowest BCUT2D eigenvalue weighted by atomic mass is 10.2. The van der Waals surface area contributed by atoms with E-state index in [4.69, 9.17) is 37.8 Å². The molecule has 0 aromatic heterocycles. The largest absolute Gasteiger partial charge is 0.484 e. The fourth-order valence-corrected chi connectivity index (χ4v) is 2.44. The molecule has 116 valence electrons. The van der Waals surface area contributed by atoms with E-state index in [2.05, 4.69) is 0 Å². The van der Waals surface area contributed by atoms with Gasteiger partial charge in [-0.15, -0.1) is 0 Å². The number of morpholine rings is 1. The van der Waals surface area contributed by atoms with E-state index in [0.717, 1.165) is 0 Å². The number of aliphatic hydroxyl groups excluding tert-OH is 1. The molecule has 1 aliphatic rings. The van der Waals surface area contributed by atoms with Gasteiger partial charge in [0.05, 0.1) is 28.9 Å². The first kappa shape index (κ1) is 16.4. The Kier molecular flexibility index (Phi) is 5.70. The second-order valence-electron chi connectivity index (χ2n) is 4.91. The zero-order valence-corrected chi connectivity index (χ0v) is 13.1. The molecule has 0 radical (unpaired) electrons. The lowest BCUT2D eigenvalue weighted by Crippen LogP contribution is -2.51. The summed E-state index contributed by atoms with van der Waals surface area (Å²) in [6.07, 6.45) is -0.451. The summed E-state index contributed by atoms with van der Waals surface area (Å²) >= 11 is 11.7. The second kappa shape index (κ2) is 7.31. The van der Waals surface area contributed by atoms with Crippen molar-refractivity contribution in [3.05, 3.63) is 28.2 Å². The molecule has 1 saturated heterocycles. The maximum Gasteiger partial charge on any atom is 0.260 e. The molecular weight excluding hydrogens is 317 g/mol. The highest BCUT2D eigenvalue weighted by Gasteiger charge is 2.28. The second-order valence-corrected chi connectivity index (χ2v) is 5.73. The molecule has 1 heterocycles. The van der Waals surface area contributed by atoms with Crippen molar-refractivity contribution in [2.24, 2.45) is 0 Å². The number of halogens is 2. The minimum atomic E-state index is -0.345. The molecule has 1 amide bonds. The van der Waals surface area contributed by atoms with Gasteiger partial charge in [-0.1, -0.05) is 23.2 Å². The zero-order chi connectivity index (χ0) is 15.4. The van der Waals surface area contributed by atoms with Gasteiger partial charge in [-0.05, 0) is 19.1 Å². The smallest absolute Gasteiger partial charge is 0.260 e. The standard InChI is InChI=1S/C14H17Cl2NO4/c1-9-5-17(6-11(7-18)21-9)14(19)8-20-10-2-3-12(15)13(16)4-10/h2-4,9,11,18H,5-8H2,1H3. The Bertz CT molecular complexity index is 512. The van der Waals surface area contributed by atoms with Crippen LogP contribution in [0.5, 0.6) is 5.75 Å². The van der Waals surface area contributed by atoms with Crippen LogP contribution in [-0.4, -0.2) is 54.4 Å². The predicted octanol–water partition coefficient (Wildman–Crippen LogP) is 1.98. The number of hydrogen-bond acceptors (Lipinski definition) is 4. The van der Waals surface area contributed by atoms with Gasteiger partial charge in [-0.25, -0.2) is 0 Å². The number of aliphatic hydroxyl groups is 1. The summed E-state index contributed by atoms with van der Waals surface area (Å²) in [6, 6.07) is 4.83. The Labute approximate surface area is 133 Å². The summed E-state index contributed by atoms with van der Waals surface area (Å²) in [7, 11) is 0. The number of amides is 1. The van der Waals surface area contributed by atoms with E-state index in [1.165, 1.54) is 0 Å². The van der Waals surface area contributed by atoms with Crippen LogP contribution in [0.1, 0.15) is 6.92 Å². The van der Waals surface area contributed by atoms with Gasteiger partial charge in [0.15, 0.2) is 6.61 Å². The number of nitrogens with zero attached hydrogens (tertiary/aromatic N) is 1. The van der Waals surface area contributed by atoms with Gasteiger partial charge in [0.1, 0.15) is 5.75 Å². The van der Waals surface area contributed by atoms with Gasteiger partial charge < -0.3 is 19.5 Å². The lowest BCUT2D eigenvalue weighted by molar-refractivity contribution is -0.149. The minimum Gasteiger partial charge on any atom is -0.484 e. The number of rotatable bonds is 4. The van der Waals surface area contributed by atoms with Gasteiger partial charge in [-0.3, -0.25) is 4.79 Å². The van der Waals surface area contributed by atoms with E-state index < -0.39 is 0 Å². The summed E-state index contributed by atoms with van der Waals surface area (Å²) in [5.74, 6) is 0.326. The first-order valence-corrected chi connectivity index (χ1v) is 7.37. The van der Waals surface area contributed by atoms with Crippen LogP contribution in [0.4, 0.5) is 0 Å². The molecule has 2 rings (SSSR count). The van der Waals surface area contributed by atoms with Crippen LogP contribution in [0, 0.1) is 0 Å². The number of carbonyl (C=O) groups excluding carboxylic acids is 1. The molecule has 1 aromatic carbocycles. The Morgan fingerprint density at radius 1 is 1.43 bits per heavy atom. The molecular formula is C14H17Cl2NO4. The molecule has 0 aliphatic carbocycles. The molecule has 0 spiro atoms. The average molecular weight is 334 g/mol. The fraction of sp³-hybridized carbons (Fsp3) is 0.500. The molecule has 2 atom stereocenters. The van der Waals surface area contributed by atoms with Gasteiger partial charge >= 0.3 is 0 Å². The molecule has 5 nitrogen and oxygen atoms in total. The van der Waals surface area contributed by atoms with Crippen LogP contribution >= 0.6 is 23.2 Å². The molecule has 21 heavy (non-hydrogen) atoms. The quantitative estimate of drug-likeness (QED) is 0.915. The highest BCUT2D eigenvalue weighted by Crippen LogP contribution is 2.26. The van der Waals surface area contributed by atoms with Crippen molar-refractivity contribution in [2.45, 2.75) is 19.1 Å². The van der Waals surface area contributed by atoms with E-state index in [0.29, 0.717) is 28.9 Å². The number of ether oxygens (including phenoxy) is 2. The first-order chi connectivity index (χ1) is 9.99. The van der Waals surface area contributed by atoms with E-state index in [9.17, 15) is 4.79 Å². The third kappa shape index (κ3) is 4.48. The van der Waals surface area contributed by atoms with E-state index in [-0.39, 0.29) is 31.3 Å². The van der Waals surface area contributed by atoms with Crippen molar-refractivity contribution < 1.29 is 19.4 Å². The van der Waals surface area contributed by atoms with E-state index in [1.807, 2.05) is 6.92 Å². The lowest BCUT2D eigenvalue weighted by Gasteiger charge is -2.36. The number of benzene rings is 1. The Balaban J connectivity index is 1.90. The molecule has 1 N–H and O–H groups in total. The zero-order valence-electron chi connectivity index (χ0n) is 11.6. The van der Waals surface area contributed by atoms with Crippen molar-refractivity contribution in [1.29, 1.82) is 0 Å². The predicted molar refractivity (Wildman–Crippen MR) is 80.0 cm³/mol. The first-order valence-electron chi connectivity index (χ1n) is 6.61. The van der Waals surface area contributed by atoms with Crippen molar-refractivity contribution in [2.75, 3.05) is 26.3 Å². The molecule has 0 saturated carbocycles. The highest BCUT2D eigenvalue weighted by molar-refractivity contribution is 6.42. The molecule has 0 bridgehead atoms. The number of carbonyl (C=O) groups is 1. The van der Waals surface area contributed by atoms with Crippen molar-refractivity contribution in [3.63, 3.8) is 0 Å². The van der Waals surface area contributed by atoms with Crippen LogP contribution < -0.4 is 4.74 Å². The normalized spacial score (nSPS) is 22.2. The summed E-state index contributed by atoms with van der Waals surface area (Å²) < 4.78 is 10.9. The maximum atomic E-state index is 12.1. The highest BCUT2D eigenvalue weighted by atomic mass is 35.5. The van der Waals surface area contributed by atoms with Crippen molar-refractivity contribution in [3.8, 4) is 5.75 Å². The van der Waals surface area contributed by atoms with Gasteiger partial charge in [0, 0.05) is 19.2 Å². The van der Waals surface area contributed by atoms with Crippen molar-refractivity contribution in [1.82, 2.24) is 4.90 Å². The molecule has 1 aromatic rings. The van der Waals surface area contributed by atoms with Crippen LogP contribution in [0.15, 0.2) is 18.2 Å². The van der Waals surface area contributed by atoms with Gasteiger partial charge in [-0.2, -0.15) is 0 Å². The molecule has 1 aliphatic heterocycles. The van der Waals surface area contributed by atoms with Crippen LogP contribution in [-0.2, 0) is 9.53 Å². The average Bonchev–Trinajstić information content (AvgIpc) is 2.47. The molecule has 2 unspecified atom stereocenters. The monoisotopic (exact) mass is 333 g/mol. The summed E-state index contributed by atoms with van der Waals surface area (Å²) in [4.78, 5) is 13.8. The van der Waals surface area contributed by atoms with Crippen LogP contribution in [0.25, 0.3) is 0 Å². The van der Waals surface area contributed by atoms with E-state index >= 15 is 0 Å². The van der Waals surface area contributed by atoms with Gasteiger partial charge in [0.25, 0.3) is 5.91 Å². The van der Waals surface area contributed by atoms with Crippen molar-refractivity contribution >= 4 is 29.1 Å². The molecule has 7 heteroatoms. The third-order valence-corrected chi connectivity index (χ3v) is 3.88. The maximum absolute atomic E-state index is 12.1. The summed E-state index contributed by atoms with van der Waals surface area (Å²) in [6.45, 7) is 2.51. The fourth-order valence-electron chi connectivity index (χ4n) is 2.15. The number of hydrogen-bond donors (Lipinski definition) is 1. The Morgan fingerprint density at radius 2 is 2.19 bits per heavy atom. The summed E-state index contributed by atoms with van der Waals surface area (Å²) in [5.41, 5.74) is 0. The Hall–Kier alpha value is -1.01. The third-order valence-electron chi connectivity index (χ3n) is 3.14. The topological polar surface area (TPSA) is 59.0 Å². The Morgan fingerprint density at radius 3 is 2.86 bits per heavy atom.